The van der Waals surface area contributed by atoms with Gasteiger partial charge in [0.15, 0.2) is 0 Å². The number of nitro benzene ring substituents is 1. The van der Waals surface area contributed by atoms with Crippen molar-refractivity contribution in [2.24, 2.45) is 0 Å². The van der Waals surface area contributed by atoms with Crippen LogP contribution in [0.25, 0.3) is 0 Å². The van der Waals surface area contributed by atoms with Gasteiger partial charge in [-0.05, 0) is 38.6 Å². The molecule has 32 heavy (non-hydrogen) atoms. The van der Waals surface area contributed by atoms with Crippen LogP contribution in [0.4, 0.5) is 5.69 Å². The molecule has 11 heteroatoms. The van der Waals surface area contributed by atoms with E-state index in [1.165, 1.54) is 26.4 Å². The molecule has 1 atom stereocenters. The number of hydrogen-bond acceptors (Lipinski definition) is 8. The molecule has 0 aromatic heterocycles. The molecule has 0 saturated carbocycles. The molecule has 10 nitrogen and oxygen atoms in total. The van der Waals surface area contributed by atoms with Gasteiger partial charge in [0, 0.05) is 36.9 Å². The first-order chi connectivity index (χ1) is 15.2. The van der Waals surface area contributed by atoms with Crippen molar-refractivity contribution in [1.29, 1.82) is 0 Å². The summed E-state index contributed by atoms with van der Waals surface area (Å²) >= 11 is 0. The first-order valence-electron chi connectivity index (χ1n) is 10.1. The van der Waals surface area contributed by atoms with Crippen molar-refractivity contribution < 1.29 is 27.6 Å². The van der Waals surface area contributed by atoms with E-state index in [0.29, 0.717) is 23.6 Å². The van der Waals surface area contributed by atoms with Gasteiger partial charge in [-0.25, -0.2) is 13.1 Å². The van der Waals surface area contributed by atoms with Gasteiger partial charge in [0.05, 0.1) is 19.1 Å². The van der Waals surface area contributed by atoms with E-state index in [-0.39, 0.29) is 29.0 Å². The number of nitrogens with zero attached hydrogens (tertiary/aromatic N) is 2. The third kappa shape index (κ3) is 5.67. The van der Waals surface area contributed by atoms with Crippen LogP contribution in [-0.4, -0.2) is 58.7 Å². The standard InChI is InChI=1S/C21H27N3O7S/c1-23-10-4-5-18(14-23)31-19-9-7-16(24(25)26)11-21(19)32(27,28)22-13-15-6-8-17(29-2)12-20(15)30-3/h6-9,11-12,18,22H,4-5,10,13-14H2,1-3H3/t18-/m1/s1. The second-order valence-corrected chi connectivity index (χ2v) is 9.27. The molecule has 2 aromatic rings. The molecular weight excluding hydrogens is 438 g/mol. The molecule has 0 radical (unpaired) electrons. The molecular formula is C21H27N3O7S. The van der Waals surface area contributed by atoms with Crippen molar-refractivity contribution >= 4 is 15.7 Å². The zero-order valence-electron chi connectivity index (χ0n) is 18.2. The Morgan fingerprint density at radius 1 is 1.16 bits per heavy atom. The number of nitrogens with one attached hydrogen (secondary N) is 1. The Morgan fingerprint density at radius 3 is 2.59 bits per heavy atom. The molecule has 0 aliphatic carbocycles. The molecule has 3 rings (SSSR count). The minimum absolute atomic E-state index is 0.0796. The zero-order valence-corrected chi connectivity index (χ0v) is 19.1. The van der Waals surface area contributed by atoms with Gasteiger partial charge < -0.3 is 19.1 Å². The van der Waals surface area contributed by atoms with Crippen LogP contribution in [0.3, 0.4) is 0 Å². The Morgan fingerprint density at radius 2 is 1.94 bits per heavy atom. The normalized spacial score (nSPS) is 17.0. The number of hydrogen-bond donors (Lipinski definition) is 1. The predicted octanol–water partition coefficient (Wildman–Crippen LogP) is 2.56. The van der Waals surface area contributed by atoms with Gasteiger partial charge in [-0.3, -0.25) is 10.1 Å². The molecule has 0 spiro atoms. The van der Waals surface area contributed by atoms with Crippen LogP contribution in [0.1, 0.15) is 18.4 Å². The Kier molecular flexibility index (Phi) is 7.54. The van der Waals surface area contributed by atoms with E-state index in [2.05, 4.69) is 9.62 Å². The van der Waals surface area contributed by atoms with Crippen LogP contribution in [0.2, 0.25) is 0 Å². The van der Waals surface area contributed by atoms with E-state index in [0.717, 1.165) is 25.5 Å². The summed E-state index contributed by atoms with van der Waals surface area (Å²) < 4.78 is 45.2. The SMILES string of the molecule is COc1ccc(CNS(=O)(=O)c2cc([N+](=O)[O-])ccc2O[C@@H]2CCCN(C)C2)c(OC)c1. The first-order valence-corrected chi connectivity index (χ1v) is 11.6. The molecule has 1 N–H and O–H groups in total. The van der Waals surface area contributed by atoms with Gasteiger partial charge in [-0.2, -0.15) is 0 Å². The van der Waals surface area contributed by atoms with E-state index in [4.69, 9.17) is 14.2 Å². The number of piperidine rings is 1. The summed E-state index contributed by atoms with van der Waals surface area (Å²) in [6.07, 6.45) is 1.49. The number of likely N-dealkylation sites (tertiary alicyclic amines) is 1. The Labute approximate surface area is 187 Å². The van der Waals surface area contributed by atoms with E-state index < -0.39 is 14.9 Å². The Hall–Kier alpha value is -2.89. The number of non-ortho nitro benzene ring substituents is 1. The number of methoxy groups -OCH3 is 2. The highest BCUT2D eigenvalue weighted by atomic mass is 32.2. The van der Waals surface area contributed by atoms with Crippen LogP contribution in [0.5, 0.6) is 17.2 Å². The van der Waals surface area contributed by atoms with E-state index in [9.17, 15) is 18.5 Å². The summed E-state index contributed by atoms with van der Waals surface area (Å²) in [5, 5.41) is 11.3. The molecule has 0 amide bonds. The van der Waals surface area contributed by atoms with Gasteiger partial charge in [-0.1, -0.05) is 6.07 Å². The molecule has 1 aliphatic heterocycles. The van der Waals surface area contributed by atoms with Crippen molar-refractivity contribution in [1.82, 2.24) is 9.62 Å². The summed E-state index contributed by atoms with van der Waals surface area (Å²) in [6.45, 7) is 1.51. The first kappa shape index (κ1) is 23.8. The molecule has 174 valence electrons. The fraction of sp³-hybridized carbons (Fsp3) is 0.429. The minimum Gasteiger partial charge on any atom is -0.497 e. The highest BCUT2D eigenvalue weighted by Gasteiger charge is 2.27. The smallest absolute Gasteiger partial charge is 0.271 e. The van der Waals surface area contributed by atoms with Crippen LogP contribution >= 0.6 is 0 Å². The molecule has 1 heterocycles. The average molecular weight is 466 g/mol. The quantitative estimate of drug-likeness (QED) is 0.443. The minimum atomic E-state index is -4.13. The lowest BCUT2D eigenvalue weighted by atomic mass is 10.1. The van der Waals surface area contributed by atoms with Crippen molar-refractivity contribution in [2.75, 3.05) is 34.4 Å². The summed E-state index contributed by atoms with van der Waals surface area (Å²) in [4.78, 5) is 12.5. The average Bonchev–Trinajstić information content (AvgIpc) is 2.77. The topological polar surface area (TPSA) is 120 Å². The fourth-order valence-corrected chi connectivity index (χ4v) is 4.72. The second kappa shape index (κ2) is 10.2. The molecule has 1 fully saturated rings. The summed E-state index contributed by atoms with van der Waals surface area (Å²) in [5.41, 5.74) is 0.249. The number of rotatable bonds is 9. The maximum atomic E-state index is 13.1. The lowest BCUT2D eigenvalue weighted by Crippen LogP contribution is -2.39. The van der Waals surface area contributed by atoms with Crippen molar-refractivity contribution in [3.05, 3.63) is 52.1 Å². The fourth-order valence-electron chi connectivity index (χ4n) is 3.56. The number of benzene rings is 2. The number of sulfonamides is 1. The number of ether oxygens (including phenoxy) is 3. The van der Waals surface area contributed by atoms with Crippen LogP contribution in [0.15, 0.2) is 41.3 Å². The van der Waals surface area contributed by atoms with E-state index >= 15 is 0 Å². The van der Waals surface area contributed by atoms with Gasteiger partial charge in [0.25, 0.3) is 5.69 Å². The second-order valence-electron chi connectivity index (χ2n) is 7.53. The lowest BCUT2D eigenvalue weighted by Gasteiger charge is -2.30. The highest BCUT2D eigenvalue weighted by molar-refractivity contribution is 7.89. The third-order valence-corrected chi connectivity index (χ3v) is 6.67. The van der Waals surface area contributed by atoms with Gasteiger partial charge in [0.2, 0.25) is 10.0 Å². The van der Waals surface area contributed by atoms with Crippen LogP contribution in [-0.2, 0) is 16.6 Å². The van der Waals surface area contributed by atoms with Gasteiger partial charge >= 0.3 is 0 Å². The maximum absolute atomic E-state index is 13.1. The monoisotopic (exact) mass is 465 g/mol. The number of likely N-dealkylation sites (N-methyl/N-ethyl adjacent to an activating group) is 1. The van der Waals surface area contributed by atoms with Crippen molar-refractivity contribution in [2.45, 2.75) is 30.4 Å². The predicted molar refractivity (Wildman–Crippen MR) is 118 cm³/mol. The third-order valence-electron chi connectivity index (χ3n) is 5.25. The van der Waals surface area contributed by atoms with Crippen LogP contribution in [0, 0.1) is 10.1 Å². The van der Waals surface area contributed by atoms with Gasteiger partial charge in [-0.15, -0.1) is 0 Å². The molecule has 2 aromatic carbocycles. The van der Waals surface area contributed by atoms with Gasteiger partial charge in [0.1, 0.15) is 28.2 Å². The van der Waals surface area contributed by atoms with E-state index in [1.54, 1.807) is 18.2 Å². The Balaban J connectivity index is 1.88. The van der Waals surface area contributed by atoms with Crippen molar-refractivity contribution in [3.8, 4) is 17.2 Å². The Bertz CT molecular complexity index is 1080. The summed E-state index contributed by atoms with van der Waals surface area (Å²) in [5.74, 6) is 1.11. The summed E-state index contributed by atoms with van der Waals surface area (Å²) in [6, 6.07) is 8.62. The lowest BCUT2D eigenvalue weighted by molar-refractivity contribution is -0.385. The zero-order chi connectivity index (χ0) is 23.3. The van der Waals surface area contributed by atoms with E-state index in [1.807, 2.05) is 7.05 Å². The molecule has 1 saturated heterocycles. The maximum Gasteiger partial charge on any atom is 0.271 e. The molecule has 0 unspecified atom stereocenters. The highest BCUT2D eigenvalue weighted by Crippen LogP contribution is 2.31. The molecule has 1 aliphatic rings. The number of nitro groups is 1. The largest absolute Gasteiger partial charge is 0.497 e. The van der Waals surface area contributed by atoms with Crippen LogP contribution < -0.4 is 18.9 Å². The summed E-state index contributed by atoms with van der Waals surface area (Å²) in [7, 11) is 0.827. The molecule has 0 bridgehead atoms. The van der Waals surface area contributed by atoms with Crippen molar-refractivity contribution in [3.63, 3.8) is 0 Å².